The molecule has 5 nitrogen and oxygen atoms in total. The van der Waals surface area contributed by atoms with Gasteiger partial charge in [-0.2, -0.15) is 0 Å². The average molecular weight is 340 g/mol. The minimum absolute atomic E-state index is 0.216. The fraction of sp³-hybridized carbons (Fsp3) is 0.833. The Bertz CT molecular complexity index is 519. The van der Waals surface area contributed by atoms with E-state index < -0.39 is 29.3 Å². The Kier molecular flexibility index (Phi) is 5.77. The van der Waals surface area contributed by atoms with Gasteiger partial charge in [0.1, 0.15) is 23.3 Å². The third-order valence-corrected chi connectivity index (χ3v) is 4.62. The zero-order chi connectivity index (χ0) is 17.8. The van der Waals surface area contributed by atoms with Gasteiger partial charge in [-0.25, -0.2) is 4.39 Å². The molecule has 0 amide bonds. The molecule has 2 rings (SSSR count). The quantitative estimate of drug-likeness (QED) is 0.613. The summed E-state index contributed by atoms with van der Waals surface area (Å²) >= 11 is 0. The van der Waals surface area contributed by atoms with Crippen molar-refractivity contribution in [1.82, 2.24) is 10.2 Å². The number of alkyl halides is 1. The molecule has 2 saturated heterocycles. The Morgan fingerprint density at radius 2 is 2.21 bits per heavy atom. The molecular weight excluding hydrogens is 311 g/mol. The van der Waals surface area contributed by atoms with Crippen molar-refractivity contribution in [3.8, 4) is 12.0 Å². The predicted molar refractivity (Wildman–Crippen MR) is 90.1 cm³/mol. The molecule has 2 aliphatic heterocycles. The summed E-state index contributed by atoms with van der Waals surface area (Å²) in [6, 6.07) is 3.10. The summed E-state index contributed by atoms with van der Waals surface area (Å²) in [6.07, 6.45) is 1.31. The van der Waals surface area contributed by atoms with E-state index >= 15 is 0 Å². The third-order valence-electron chi connectivity index (χ3n) is 4.62. The number of rotatable bonds is 2. The molecule has 0 aromatic carbocycles. The Morgan fingerprint density at radius 3 is 2.83 bits per heavy atom. The van der Waals surface area contributed by atoms with Crippen LogP contribution < -0.4 is 5.32 Å². The molecule has 2 aliphatic rings. The molecular formula is C18H29FN2O3. The summed E-state index contributed by atoms with van der Waals surface area (Å²) in [6.45, 7) is 8.96. The summed E-state index contributed by atoms with van der Waals surface area (Å²) in [5.41, 5.74) is -2.92. The summed E-state index contributed by atoms with van der Waals surface area (Å²) in [5, 5.41) is 3.15. The highest BCUT2D eigenvalue weighted by Gasteiger charge is 2.62. The van der Waals surface area contributed by atoms with Crippen molar-refractivity contribution < 1.29 is 18.7 Å². The Hall–Kier alpha value is -1.32. The second-order valence-electron chi connectivity index (χ2n) is 7.55. The lowest BCUT2D eigenvalue weighted by Crippen LogP contribution is -2.70. The zero-order valence-corrected chi connectivity index (χ0v) is 15.2. The molecule has 0 bridgehead atoms. The van der Waals surface area contributed by atoms with Crippen molar-refractivity contribution in [2.75, 3.05) is 39.5 Å². The van der Waals surface area contributed by atoms with E-state index in [1.54, 1.807) is 20.8 Å². The molecule has 6 heteroatoms. The van der Waals surface area contributed by atoms with Crippen LogP contribution in [-0.4, -0.2) is 61.5 Å². The number of piperidine rings is 1. The van der Waals surface area contributed by atoms with Gasteiger partial charge < -0.3 is 19.7 Å². The smallest absolute Gasteiger partial charge is 0.319 e. The number of hydrogen-bond acceptors (Lipinski definition) is 5. The minimum atomic E-state index is -1.34. The van der Waals surface area contributed by atoms with Crippen molar-refractivity contribution in [3.05, 3.63) is 0 Å². The van der Waals surface area contributed by atoms with Crippen molar-refractivity contribution in [2.45, 2.75) is 51.7 Å². The van der Waals surface area contributed by atoms with Gasteiger partial charge in [-0.1, -0.05) is 12.8 Å². The maximum atomic E-state index is 14.3. The van der Waals surface area contributed by atoms with E-state index in [2.05, 4.69) is 17.3 Å². The van der Waals surface area contributed by atoms with Crippen LogP contribution in [0, 0.1) is 17.4 Å². The van der Waals surface area contributed by atoms with Gasteiger partial charge in [0, 0.05) is 25.6 Å². The molecule has 0 saturated carbocycles. The number of nitrogens with zero attached hydrogens (tertiary/aromatic N) is 1. The molecule has 1 spiro atoms. The number of ether oxygens (including phenoxy) is 2. The van der Waals surface area contributed by atoms with Crippen LogP contribution in [0.1, 0.15) is 40.5 Å². The van der Waals surface area contributed by atoms with Crippen molar-refractivity contribution in [1.29, 1.82) is 0 Å². The monoisotopic (exact) mass is 340 g/mol. The van der Waals surface area contributed by atoms with Crippen molar-refractivity contribution in [2.24, 2.45) is 5.41 Å². The number of nitrogens with one attached hydrogen (secondary N) is 1. The summed E-state index contributed by atoms with van der Waals surface area (Å²) in [4.78, 5) is 14.9. The molecule has 24 heavy (non-hydrogen) atoms. The zero-order valence-electron chi connectivity index (χ0n) is 15.2. The molecule has 0 aromatic heterocycles. The first-order valence-corrected chi connectivity index (χ1v) is 8.66. The van der Waals surface area contributed by atoms with Crippen LogP contribution in [0.5, 0.6) is 0 Å². The molecule has 2 fully saturated rings. The molecule has 2 atom stereocenters. The highest BCUT2D eigenvalue weighted by molar-refractivity contribution is 5.80. The van der Waals surface area contributed by atoms with E-state index in [1.165, 1.54) is 0 Å². The van der Waals surface area contributed by atoms with Crippen LogP contribution in [0.3, 0.4) is 0 Å². The number of halogens is 1. The van der Waals surface area contributed by atoms with E-state index in [-0.39, 0.29) is 6.54 Å². The Labute approximate surface area is 144 Å². The van der Waals surface area contributed by atoms with E-state index in [4.69, 9.17) is 9.47 Å². The number of morpholine rings is 1. The number of carbonyl (C=O) groups excluding carboxylic acids is 1. The SMILES string of the molecule is CCC#CN1CCOC2(CCNCC2(CF)C(=O)OC(C)(C)C)C1. The second kappa shape index (κ2) is 7.28. The normalized spacial score (nSPS) is 30.6. The van der Waals surface area contributed by atoms with Crippen LogP contribution >= 0.6 is 0 Å². The average Bonchev–Trinajstić information content (AvgIpc) is 2.52. The first-order valence-electron chi connectivity index (χ1n) is 8.66. The van der Waals surface area contributed by atoms with E-state index in [1.807, 2.05) is 11.8 Å². The van der Waals surface area contributed by atoms with Crippen molar-refractivity contribution >= 4 is 5.97 Å². The molecule has 0 aliphatic carbocycles. The second-order valence-corrected chi connectivity index (χ2v) is 7.55. The van der Waals surface area contributed by atoms with E-state index in [0.717, 1.165) is 6.42 Å². The Morgan fingerprint density at radius 1 is 1.46 bits per heavy atom. The molecule has 2 unspecified atom stereocenters. The first kappa shape index (κ1) is 19.0. The number of hydrogen-bond donors (Lipinski definition) is 1. The topological polar surface area (TPSA) is 50.8 Å². The van der Waals surface area contributed by atoms with Gasteiger partial charge in [0.15, 0.2) is 0 Å². The van der Waals surface area contributed by atoms with Gasteiger partial charge >= 0.3 is 5.97 Å². The van der Waals surface area contributed by atoms with Gasteiger partial charge in [-0.3, -0.25) is 4.79 Å². The summed E-state index contributed by atoms with van der Waals surface area (Å²) in [7, 11) is 0. The lowest BCUT2D eigenvalue weighted by Gasteiger charge is -2.54. The van der Waals surface area contributed by atoms with E-state index in [0.29, 0.717) is 32.7 Å². The van der Waals surface area contributed by atoms with Crippen LogP contribution in [0.15, 0.2) is 0 Å². The molecule has 0 radical (unpaired) electrons. The minimum Gasteiger partial charge on any atom is -0.459 e. The van der Waals surface area contributed by atoms with Gasteiger partial charge in [-0.15, -0.1) is 0 Å². The van der Waals surface area contributed by atoms with E-state index in [9.17, 15) is 9.18 Å². The molecule has 0 aromatic rings. The van der Waals surface area contributed by atoms with Gasteiger partial charge in [0.2, 0.25) is 0 Å². The van der Waals surface area contributed by atoms with Crippen LogP contribution in [0.4, 0.5) is 4.39 Å². The number of esters is 1. The van der Waals surface area contributed by atoms with Crippen molar-refractivity contribution in [3.63, 3.8) is 0 Å². The van der Waals surface area contributed by atoms with Crippen LogP contribution in [0.2, 0.25) is 0 Å². The first-order chi connectivity index (χ1) is 11.3. The standard InChI is InChI=1S/C18H29FN2O3/c1-5-6-9-21-10-11-23-18(14-21)7-8-20-13-17(18,12-19)15(22)24-16(2,3)4/h20H,5,7-8,10-14H2,1-4H3. The van der Waals surface area contributed by atoms with Gasteiger partial charge in [-0.05, 0) is 33.7 Å². The molecule has 136 valence electrons. The van der Waals surface area contributed by atoms with Crippen LogP contribution in [0.25, 0.3) is 0 Å². The lowest BCUT2D eigenvalue weighted by molar-refractivity contribution is -0.217. The predicted octanol–water partition coefficient (Wildman–Crippen LogP) is 1.72. The summed E-state index contributed by atoms with van der Waals surface area (Å²) in [5.74, 6) is 2.52. The van der Waals surface area contributed by atoms with Gasteiger partial charge in [0.25, 0.3) is 0 Å². The fourth-order valence-electron chi connectivity index (χ4n) is 3.36. The lowest BCUT2D eigenvalue weighted by atomic mass is 9.67. The Balaban J connectivity index is 2.34. The molecule has 2 heterocycles. The largest absolute Gasteiger partial charge is 0.459 e. The summed E-state index contributed by atoms with van der Waals surface area (Å²) < 4.78 is 25.9. The fourth-order valence-corrected chi connectivity index (χ4v) is 3.36. The maximum absolute atomic E-state index is 14.3. The highest BCUT2D eigenvalue weighted by Crippen LogP contribution is 2.44. The maximum Gasteiger partial charge on any atom is 0.319 e. The number of carbonyl (C=O) groups is 1. The third kappa shape index (κ3) is 3.68. The molecule has 1 N–H and O–H groups in total. The van der Waals surface area contributed by atoms with Gasteiger partial charge in [0.05, 0.1) is 13.2 Å². The highest BCUT2D eigenvalue weighted by atomic mass is 19.1. The van der Waals surface area contributed by atoms with Crippen LogP contribution in [-0.2, 0) is 14.3 Å².